The molecule has 1 N–H and O–H groups in total. The van der Waals surface area contributed by atoms with Gasteiger partial charge in [0.15, 0.2) is 11.5 Å². The molecule has 0 aliphatic carbocycles. The van der Waals surface area contributed by atoms with Crippen LogP contribution in [0.2, 0.25) is 0 Å². The Kier molecular flexibility index (Phi) is 5.07. The van der Waals surface area contributed by atoms with E-state index in [1.165, 1.54) is 29.5 Å². The highest BCUT2D eigenvalue weighted by atomic mass is 32.2. The first-order chi connectivity index (χ1) is 15.9. The summed E-state index contributed by atoms with van der Waals surface area (Å²) in [7, 11) is -3.99. The molecule has 164 valence electrons. The first kappa shape index (κ1) is 20.7. The van der Waals surface area contributed by atoms with Gasteiger partial charge >= 0.3 is 0 Å². The Morgan fingerprint density at radius 1 is 0.970 bits per heavy atom. The zero-order chi connectivity index (χ0) is 23.0. The first-order valence-corrected chi connectivity index (χ1v) is 11.9. The number of sulfonamides is 1. The minimum Gasteiger partial charge on any atom is -0.280 e. The third-order valence-corrected chi connectivity index (χ3v) is 7.02. The third kappa shape index (κ3) is 4.04. The molecule has 0 saturated heterocycles. The van der Waals surface area contributed by atoms with Crippen molar-refractivity contribution in [3.8, 4) is 22.0 Å². The smallest absolute Gasteiger partial charge is 0.270 e. The zero-order valence-corrected chi connectivity index (χ0v) is 18.3. The summed E-state index contributed by atoms with van der Waals surface area (Å²) in [5.41, 5.74) is 2.05. The van der Waals surface area contributed by atoms with E-state index in [-0.39, 0.29) is 10.6 Å². The molecule has 0 radical (unpaired) electrons. The lowest BCUT2D eigenvalue weighted by molar-refractivity contribution is -0.385. The fraction of sp³-hybridized carbons (Fsp3) is 0. The van der Waals surface area contributed by atoms with Gasteiger partial charge in [0.2, 0.25) is 0 Å². The quantitative estimate of drug-likeness (QED) is 0.285. The molecular formula is C21H14N6O4S2. The molecule has 0 fully saturated rings. The van der Waals surface area contributed by atoms with Crippen LogP contribution in [0.5, 0.6) is 0 Å². The van der Waals surface area contributed by atoms with Gasteiger partial charge < -0.3 is 0 Å². The van der Waals surface area contributed by atoms with Gasteiger partial charge in [-0.15, -0.1) is 21.5 Å². The van der Waals surface area contributed by atoms with Gasteiger partial charge in [0, 0.05) is 23.4 Å². The van der Waals surface area contributed by atoms with Crippen LogP contribution < -0.4 is 4.72 Å². The van der Waals surface area contributed by atoms with Crippen LogP contribution in [-0.4, -0.2) is 33.2 Å². The number of nitrogens with zero attached hydrogens (tertiary/aromatic N) is 5. The lowest BCUT2D eigenvalue weighted by atomic mass is 10.1. The van der Waals surface area contributed by atoms with Crippen molar-refractivity contribution in [3.63, 3.8) is 0 Å². The van der Waals surface area contributed by atoms with E-state index in [0.717, 1.165) is 16.5 Å². The highest BCUT2D eigenvalue weighted by Gasteiger charge is 2.18. The van der Waals surface area contributed by atoms with E-state index in [4.69, 9.17) is 0 Å². The molecule has 5 rings (SSSR count). The molecule has 0 atom stereocenters. The molecule has 0 bridgehead atoms. The lowest BCUT2D eigenvalue weighted by Gasteiger charge is -2.09. The molecule has 2 aromatic carbocycles. The van der Waals surface area contributed by atoms with Crippen LogP contribution in [0.25, 0.3) is 27.6 Å². The average Bonchev–Trinajstić information content (AvgIpc) is 3.49. The number of benzene rings is 2. The highest BCUT2D eigenvalue weighted by Crippen LogP contribution is 2.26. The molecule has 0 saturated carbocycles. The van der Waals surface area contributed by atoms with Crippen molar-refractivity contribution in [2.45, 2.75) is 4.90 Å². The number of rotatable bonds is 6. The Bertz CT molecular complexity index is 1580. The lowest BCUT2D eigenvalue weighted by Crippen LogP contribution is -2.13. The van der Waals surface area contributed by atoms with E-state index in [2.05, 4.69) is 20.0 Å². The van der Waals surface area contributed by atoms with Crippen molar-refractivity contribution in [2.24, 2.45) is 0 Å². The Morgan fingerprint density at radius 3 is 2.52 bits per heavy atom. The average molecular weight is 479 g/mol. The van der Waals surface area contributed by atoms with Gasteiger partial charge in [-0.1, -0.05) is 24.3 Å². The molecule has 0 aliphatic heterocycles. The van der Waals surface area contributed by atoms with Gasteiger partial charge in [0.05, 0.1) is 20.4 Å². The molecular weight excluding hydrogens is 464 g/mol. The number of fused-ring (bicyclic) bond motifs is 1. The molecule has 0 spiro atoms. The summed E-state index contributed by atoms with van der Waals surface area (Å²) in [5, 5.41) is 25.9. The van der Waals surface area contributed by atoms with Crippen LogP contribution in [0.3, 0.4) is 0 Å². The number of hydrogen-bond donors (Lipinski definition) is 1. The van der Waals surface area contributed by atoms with E-state index in [0.29, 0.717) is 22.9 Å². The predicted octanol–water partition coefficient (Wildman–Crippen LogP) is 4.23. The second kappa shape index (κ2) is 8.07. The Labute approximate surface area is 191 Å². The molecule has 33 heavy (non-hydrogen) atoms. The Hall–Kier alpha value is -4.16. The predicted molar refractivity (Wildman–Crippen MR) is 123 cm³/mol. The van der Waals surface area contributed by atoms with Gasteiger partial charge in [0.25, 0.3) is 15.7 Å². The zero-order valence-electron chi connectivity index (χ0n) is 16.7. The second-order valence-electron chi connectivity index (χ2n) is 6.93. The summed E-state index contributed by atoms with van der Waals surface area (Å²) >= 11 is 1.54. The summed E-state index contributed by atoms with van der Waals surface area (Å²) < 4.78 is 29.4. The molecule has 12 heteroatoms. The largest absolute Gasteiger partial charge is 0.280 e. The number of anilines is 1. The van der Waals surface area contributed by atoms with Gasteiger partial charge in [-0.05, 0) is 41.8 Å². The maximum Gasteiger partial charge on any atom is 0.270 e. The van der Waals surface area contributed by atoms with Crippen molar-refractivity contribution in [3.05, 3.63) is 88.3 Å². The van der Waals surface area contributed by atoms with Crippen molar-refractivity contribution < 1.29 is 13.3 Å². The third-order valence-electron chi connectivity index (χ3n) is 4.78. The Morgan fingerprint density at radius 2 is 1.79 bits per heavy atom. The van der Waals surface area contributed by atoms with Gasteiger partial charge in [-0.3, -0.25) is 14.8 Å². The van der Waals surface area contributed by atoms with Crippen LogP contribution in [0.4, 0.5) is 11.4 Å². The van der Waals surface area contributed by atoms with Gasteiger partial charge in [0.1, 0.15) is 0 Å². The van der Waals surface area contributed by atoms with Crippen LogP contribution in [-0.2, 0) is 10.0 Å². The van der Waals surface area contributed by atoms with E-state index >= 15 is 0 Å². The van der Waals surface area contributed by atoms with Crippen molar-refractivity contribution in [2.75, 3.05) is 4.72 Å². The fourth-order valence-electron chi connectivity index (χ4n) is 3.19. The SMILES string of the molecule is O=[N+]([O-])c1cccc(S(=O)(=O)Nc2ccc(-c3ccc4nnc(-c5cccs5)n4n3)cc2)c1. The standard InChI is InChI=1S/C21H14N6O4S2/c28-27(29)16-3-1-4-17(13-16)33(30,31)25-15-8-6-14(7-9-15)18-10-11-20-22-23-21(26(20)24-18)19-5-2-12-32-19/h1-13,25H. The summed E-state index contributed by atoms with van der Waals surface area (Å²) in [4.78, 5) is 11.0. The van der Waals surface area contributed by atoms with Crippen LogP contribution >= 0.6 is 11.3 Å². The molecule has 3 aromatic heterocycles. The maximum absolute atomic E-state index is 12.6. The highest BCUT2D eigenvalue weighted by molar-refractivity contribution is 7.92. The van der Waals surface area contributed by atoms with Crippen molar-refractivity contribution in [1.82, 2.24) is 19.8 Å². The molecule has 3 heterocycles. The summed E-state index contributed by atoms with van der Waals surface area (Å²) in [6, 6.07) is 19.0. The molecule has 0 unspecified atom stereocenters. The molecule has 0 amide bonds. The van der Waals surface area contributed by atoms with Gasteiger partial charge in [-0.25, -0.2) is 8.42 Å². The van der Waals surface area contributed by atoms with Crippen LogP contribution in [0.1, 0.15) is 0 Å². The Balaban J connectivity index is 1.42. The normalized spacial score (nSPS) is 11.5. The monoisotopic (exact) mass is 478 g/mol. The number of hydrogen-bond acceptors (Lipinski definition) is 8. The van der Waals surface area contributed by atoms with Gasteiger partial charge in [-0.2, -0.15) is 9.61 Å². The summed E-state index contributed by atoms with van der Waals surface area (Å²) in [6.07, 6.45) is 0. The maximum atomic E-state index is 12.6. The van der Waals surface area contributed by atoms with Crippen LogP contribution in [0, 0.1) is 10.1 Å². The van der Waals surface area contributed by atoms with E-state index in [9.17, 15) is 18.5 Å². The number of thiophene rings is 1. The van der Waals surface area contributed by atoms with E-state index in [1.807, 2.05) is 29.6 Å². The molecule has 10 nitrogen and oxygen atoms in total. The molecule has 0 aliphatic rings. The van der Waals surface area contributed by atoms with Crippen LogP contribution in [0.15, 0.2) is 83.1 Å². The molecule has 5 aromatic rings. The number of aromatic nitrogens is 4. The number of nitro groups is 1. The fourth-order valence-corrected chi connectivity index (χ4v) is 4.98. The van der Waals surface area contributed by atoms with Crippen molar-refractivity contribution in [1.29, 1.82) is 0 Å². The second-order valence-corrected chi connectivity index (χ2v) is 9.56. The summed E-state index contributed by atoms with van der Waals surface area (Å²) in [5.74, 6) is 0.642. The number of nitrogens with one attached hydrogen (secondary N) is 1. The van der Waals surface area contributed by atoms with E-state index < -0.39 is 14.9 Å². The number of non-ortho nitro benzene ring substituents is 1. The topological polar surface area (TPSA) is 132 Å². The first-order valence-electron chi connectivity index (χ1n) is 9.55. The summed E-state index contributed by atoms with van der Waals surface area (Å²) in [6.45, 7) is 0. The number of nitro benzene ring substituents is 1. The minimum absolute atomic E-state index is 0.193. The van der Waals surface area contributed by atoms with Crippen molar-refractivity contribution >= 4 is 38.4 Å². The van der Waals surface area contributed by atoms with E-state index in [1.54, 1.807) is 28.8 Å². The minimum atomic E-state index is -3.99.